The summed E-state index contributed by atoms with van der Waals surface area (Å²) in [5, 5.41) is 3.66. The molecule has 0 radical (unpaired) electrons. The Morgan fingerprint density at radius 3 is 2.75 bits per heavy atom. The summed E-state index contributed by atoms with van der Waals surface area (Å²) in [6.07, 6.45) is 9.92. The summed E-state index contributed by atoms with van der Waals surface area (Å²) in [7, 11) is 2.22. The van der Waals surface area contributed by atoms with E-state index < -0.39 is 0 Å². The zero-order valence-corrected chi connectivity index (χ0v) is 13.2. The Hall–Kier alpha value is -0.800. The predicted molar refractivity (Wildman–Crippen MR) is 83.7 cm³/mol. The van der Waals surface area contributed by atoms with Crippen LogP contribution in [0.2, 0.25) is 0 Å². The molecule has 1 aromatic rings. The van der Waals surface area contributed by atoms with Gasteiger partial charge in [-0.1, -0.05) is 26.2 Å². The van der Waals surface area contributed by atoms with Gasteiger partial charge in [0.2, 0.25) is 0 Å². The van der Waals surface area contributed by atoms with Crippen LogP contribution >= 0.6 is 0 Å². The molecule has 0 unspecified atom stereocenters. The fourth-order valence-corrected chi connectivity index (χ4v) is 3.52. The van der Waals surface area contributed by atoms with Crippen LogP contribution in [0.1, 0.15) is 51.2 Å². The molecule has 1 fully saturated rings. The van der Waals surface area contributed by atoms with Crippen LogP contribution in [0.3, 0.4) is 0 Å². The molecule has 1 aromatic heterocycles. The quantitative estimate of drug-likeness (QED) is 0.736. The molecule has 2 rings (SSSR count). The summed E-state index contributed by atoms with van der Waals surface area (Å²) < 4.78 is 5.47. The van der Waals surface area contributed by atoms with Crippen LogP contribution in [0, 0.1) is 5.41 Å². The Kier molecular flexibility index (Phi) is 6.11. The summed E-state index contributed by atoms with van der Waals surface area (Å²) in [6.45, 7) is 6.64. The number of hydrogen-bond donors (Lipinski definition) is 1. The van der Waals surface area contributed by atoms with Gasteiger partial charge in [0.1, 0.15) is 5.76 Å². The van der Waals surface area contributed by atoms with E-state index in [0.717, 1.165) is 18.8 Å². The van der Waals surface area contributed by atoms with Gasteiger partial charge in [-0.25, -0.2) is 0 Å². The molecular formula is C17H30N2O. The van der Waals surface area contributed by atoms with Gasteiger partial charge in [-0.05, 0) is 50.4 Å². The van der Waals surface area contributed by atoms with Gasteiger partial charge in [-0.15, -0.1) is 0 Å². The number of rotatable bonds is 8. The van der Waals surface area contributed by atoms with Crippen LogP contribution < -0.4 is 5.32 Å². The Morgan fingerprint density at radius 2 is 2.10 bits per heavy atom. The minimum Gasteiger partial charge on any atom is -0.468 e. The van der Waals surface area contributed by atoms with E-state index in [0.29, 0.717) is 5.41 Å². The molecule has 3 nitrogen and oxygen atoms in total. The molecule has 114 valence electrons. The van der Waals surface area contributed by atoms with Gasteiger partial charge in [-0.2, -0.15) is 0 Å². The molecule has 1 aliphatic rings. The lowest BCUT2D eigenvalue weighted by molar-refractivity contribution is 0.110. The highest BCUT2D eigenvalue weighted by Gasteiger charge is 2.32. The first-order chi connectivity index (χ1) is 9.74. The Labute approximate surface area is 123 Å². The van der Waals surface area contributed by atoms with Crippen LogP contribution in [-0.4, -0.2) is 31.6 Å². The van der Waals surface area contributed by atoms with Gasteiger partial charge >= 0.3 is 0 Å². The fraction of sp³-hybridized carbons (Fsp3) is 0.765. The molecule has 1 heterocycles. The first-order valence-electron chi connectivity index (χ1n) is 8.16. The van der Waals surface area contributed by atoms with E-state index >= 15 is 0 Å². The van der Waals surface area contributed by atoms with Crippen LogP contribution in [-0.2, 0) is 6.54 Å². The standard InChI is InChI=1S/C17H30N2O/c1-3-11-18-14-17(9-5-4-6-10-17)15-19(2)13-16-8-7-12-20-16/h7-8,12,18H,3-6,9-11,13-15H2,1-2H3. The maximum absolute atomic E-state index is 5.47. The van der Waals surface area contributed by atoms with Crippen molar-refractivity contribution in [2.75, 3.05) is 26.7 Å². The topological polar surface area (TPSA) is 28.4 Å². The lowest BCUT2D eigenvalue weighted by Gasteiger charge is -2.40. The van der Waals surface area contributed by atoms with Crippen LogP contribution in [0.25, 0.3) is 0 Å². The van der Waals surface area contributed by atoms with Crippen molar-refractivity contribution in [3.63, 3.8) is 0 Å². The monoisotopic (exact) mass is 278 g/mol. The lowest BCUT2D eigenvalue weighted by atomic mass is 9.73. The highest BCUT2D eigenvalue weighted by molar-refractivity contribution is 4.98. The van der Waals surface area contributed by atoms with E-state index in [1.165, 1.54) is 51.6 Å². The van der Waals surface area contributed by atoms with E-state index in [1.807, 2.05) is 6.07 Å². The number of nitrogens with zero attached hydrogens (tertiary/aromatic N) is 1. The first kappa shape index (κ1) is 15.6. The van der Waals surface area contributed by atoms with Crippen LogP contribution in [0.5, 0.6) is 0 Å². The molecular weight excluding hydrogens is 248 g/mol. The molecule has 3 heteroatoms. The molecule has 0 spiro atoms. The molecule has 1 aliphatic carbocycles. The number of nitrogens with one attached hydrogen (secondary N) is 1. The third-order valence-electron chi connectivity index (χ3n) is 4.45. The second-order valence-electron chi connectivity index (χ2n) is 6.49. The normalized spacial score (nSPS) is 18.6. The Balaban J connectivity index is 1.88. The number of furan rings is 1. The van der Waals surface area contributed by atoms with Crippen LogP contribution in [0.15, 0.2) is 22.8 Å². The fourth-order valence-electron chi connectivity index (χ4n) is 3.52. The van der Waals surface area contributed by atoms with Gasteiger partial charge in [0.05, 0.1) is 12.8 Å². The zero-order valence-electron chi connectivity index (χ0n) is 13.2. The van der Waals surface area contributed by atoms with Crippen LogP contribution in [0.4, 0.5) is 0 Å². The van der Waals surface area contributed by atoms with Crippen molar-refractivity contribution >= 4 is 0 Å². The SMILES string of the molecule is CCCNCC1(CN(C)Cc2ccco2)CCCCC1. The molecule has 20 heavy (non-hydrogen) atoms. The van der Waals surface area contributed by atoms with Crippen molar-refractivity contribution in [2.45, 2.75) is 52.0 Å². The lowest BCUT2D eigenvalue weighted by Crippen LogP contribution is -2.44. The van der Waals surface area contributed by atoms with Gasteiger partial charge in [0, 0.05) is 13.1 Å². The highest BCUT2D eigenvalue weighted by atomic mass is 16.3. The Morgan fingerprint density at radius 1 is 1.30 bits per heavy atom. The molecule has 1 saturated carbocycles. The second kappa shape index (κ2) is 7.84. The van der Waals surface area contributed by atoms with E-state index in [4.69, 9.17) is 4.42 Å². The van der Waals surface area contributed by atoms with Crippen molar-refractivity contribution in [3.05, 3.63) is 24.2 Å². The van der Waals surface area contributed by atoms with E-state index in [2.05, 4.69) is 30.3 Å². The molecule has 0 amide bonds. The van der Waals surface area contributed by atoms with Gasteiger partial charge < -0.3 is 9.73 Å². The van der Waals surface area contributed by atoms with E-state index in [9.17, 15) is 0 Å². The number of hydrogen-bond acceptors (Lipinski definition) is 3. The minimum absolute atomic E-state index is 0.467. The smallest absolute Gasteiger partial charge is 0.117 e. The van der Waals surface area contributed by atoms with Crippen molar-refractivity contribution < 1.29 is 4.42 Å². The summed E-state index contributed by atoms with van der Waals surface area (Å²) >= 11 is 0. The van der Waals surface area contributed by atoms with Gasteiger partial charge in [0.15, 0.2) is 0 Å². The average molecular weight is 278 g/mol. The van der Waals surface area contributed by atoms with Crippen molar-refractivity contribution in [1.82, 2.24) is 10.2 Å². The minimum atomic E-state index is 0.467. The zero-order chi connectivity index (χ0) is 14.3. The van der Waals surface area contributed by atoms with Gasteiger partial charge in [-0.3, -0.25) is 4.90 Å². The first-order valence-corrected chi connectivity index (χ1v) is 8.16. The molecule has 0 bridgehead atoms. The molecule has 0 atom stereocenters. The third kappa shape index (κ3) is 4.64. The van der Waals surface area contributed by atoms with Crippen molar-refractivity contribution in [2.24, 2.45) is 5.41 Å². The third-order valence-corrected chi connectivity index (χ3v) is 4.45. The molecule has 0 aliphatic heterocycles. The summed E-state index contributed by atoms with van der Waals surface area (Å²) in [6, 6.07) is 4.04. The summed E-state index contributed by atoms with van der Waals surface area (Å²) in [4.78, 5) is 2.43. The van der Waals surface area contributed by atoms with E-state index in [-0.39, 0.29) is 0 Å². The summed E-state index contributed by atoms with van der Waals surface area (Å²) in [5.41, 5.74) is 0.467. The molecule has 0 saturated heterocycles. The molecule has 0 aromatic carbocycles. The largest absolute Gasteiger partial charge is 0.468 e. The van der Waals surface area contributed by atoms with Crippen molar-refractivity contribution in [3.8, 4) is 0 Å². The van der Waals surface area contributed by atoms with Gasteiger partial charge in [0.25, 0.3) is 0 Å². The maximum Gasteiger partial charge on any atom is 0.117 e. The Bertz CT molecular complexity index is 355. The highest BCUT2D eigenvalue weighted by Crippen LogP contribution is 2.36. The maximum atomic E-state index is 5.47. The summed E-state index contributed by atoms with van der Waals surface area (Å²) in [5.74, 6) is 1.07. The molecule has 1 N–H and O–H groups in total. The predicted octanol–water partition coefficient (Wildman–Crippen LogP) is 3.66. The van der Waals surface area contributed by atoms with E-state index in [1.54, 1.807) is 6.26 Å². The second-order valence-corrected chi connectivity index (χ2v) is 6.49. The van der Waals surface area contributed by atoms with Crippen molar-refractivity contribution in [1.29, 1.82) is 0 Å². The average Bonchev–Trinajstić information content (AvgIpc) is 2.92.